The lowest BCUT2D eigenvalue weighted by Crippen LogP contribution is -2.24. The van der Waals surface area contributed by atoms with Crippen LogP contribution in [-0.2, 0) is 22.3 Å². The van der Waals surface area contributed by atoms with E-state index in [1.54, 1.807) is 24.5 Å². The van der Waals surface area contributed by atoms with Gasteiger partial charge in [0.05, 0.1) is 5.75 Å². The third-order valence-electron chi connectivity index (χ3n) is 2.31. The van der Waals surface area contributed by atoms with Crippen LogP contribution in [0.15, 0.2) is 49.1 Å². The van der Waals surface area contributed by atoms with E-state index in [2.05, 4.69) is 14.7 Å². The van der Waals surface area contributed by atoms with E-state index in [1.807, 2.05) is 18.2 Å². The van der Waals surface area contributed by atoms with Crippen molar-refractivity contribution in [3.63, 3.8) is 0 Å². The molecule has 2 aromatic rings. The standard InChI is InChI=1S/C12H13N3O2S/c16-18(17,9-11-4-2-1-3-5-11)15-8-12-6-13-10-14-7-12/h1-7,10,15H,8-9H2. The smallest absolute Gasteiger partial charge is 0.216 e. The number of nitrogens with one attached hydrogen (secondary N) is 1. The molecule has 0 fully saturated rings. The van der Waals surface area contributed by atoms with Crippen LogP contribution < -0.4 is 4.72 Å². The first-order valence-electron chi connectivity index (χ1n) is 5.41. The van der Waals surface area contributed by atoms with Crippen molar-refractivity contribution in [1.29, 1.82) is 0 Å². The van der Waals surface area contributed by atoms with Crippen molar-refractivity contribution in [2.75, 3.05) is 0 Å². The Labute approximate surface area is 106 Å². The molecule has 0 amide bonds. The molecule has 18 heavy (non-hydrogen) atoms. The highest BCUT2D eigenvalue weighted by atomic mass is 32.2. The molecule has 0 saturated carbocycles. The minimum atomic E-state index is -3.34. The second-order valence-electron chi connectivity index (χ2n) is 3.81. The lowest BCUT2D eigenvalue weighted by molar-refractivity contribution is 0.580. The second kappa shape index (κ2) is 5.70. The summed E-state index contributed by atoms with van der Waals surface area (Å²) < 4.78 is 26.2. The third kappa shape index (κ3) is 3.90. The first kappa shape index (κ1) is 12.7. The maximum Gasteiger partial charge on any atom is 0.216 e. The molecule has 0 aliphatic rings. The van der Waals surface area contributed by atoms with Crippen molar-refractivity contribution in [3.05, 3.63) is 60.2 Å². The van der Waals surface area contributed by atoms with Gasteiger partial charge in [0.2, 0.25) is 10.0 Å². The predicted molar refractivity (Wildman–Crippen MR) is 67.9 cm³/mol. The number of benzene rings is 1. The van der Waals surface area contributed by atoms with Crippen LogP contribution in [0.4, 0.5) is 0 Å². The minimum absolute atomic E-state index is 0.0263. The topological polar surface area (TPSA) is 72.0 Å². The van der Waals surface area contributed by atoms with Crippen LogP contribution >= 0.6 is 0 Å². The molecule has 2 rings (SSSR count). The zero-order valence-electron chi connectivity index (χ0n) is 9.65. The van der Waals surface area contributed by atoms with E-state index in [0.717, 1.165) is 11.1 Å². The normalized spacial score (nSPS) is 11.3. The molecular formula is C12H13N3O2S. The Morgan fingerprint density at radius 2 is 1.67 bits per heavy atom. The Morgan fingerprint density at radius 1 is 1.00 bits per heavy atom. The number of sulfonamides is 1. The number of hydrogen-bond acceptors (Lipinski definition) is 4. The number of hydrogen-bond donors (Lipinski definition) is 1. The zero-order chi connectivity index (χ0) is 12.8. The van der Waals surface area contributed by atoms with E-state index >= 15 is 0 Å². The van der Waals surface area contributed by atoms with Gasteiger partial charge < -0.3 is 0 Å². The van der Waals surface area contributed by atoms with Gasteiger partial charge in [0.1, 0.15) is 6.33 Å². The Kier molecular flexibility index (Phi) is 4.01. The molecule has 0 bridgehead atoms. The van der Waals surface area contributed by atoms with Crippen molar-refractivity contribution in [2.24, 2.45) is 0 Å². The molecule has 0 aliphatic heterocycles. The first-order chi connectivity index (χ1) is 8.66. The first-order valence-corrected chi connectivity index (χ1v) is 7.06. The summed E-state index contributed by atoms with van der Waals surface area (Å²) in [5.41, 5.74) is 1.49. The summed E-state index contributed by atoms with van der Waals surface area (Å²) in [4.78, 5) is 7.65. The molecule has 0 spiro atoms. The lowest BCUT2D eigenvalue weighted by Gasteiger charge is -2.06. The molecule has 1 N–H and O–H groups in total. The van der Waals surface area contributed by atoms with E-state index in [0.29, 0.717) is 0 Å². The maximum absolute atomic E-state index is 11.8. The average molecular weight is 263 g/mol. The molecule has 1 aromatic heterocycles. The van der Waals surface area contributed by atoms with Crippen LogP contribution in [0.1, 0.15) is 11.1 Å². The lowest BCUT2D eigenvalue weighted by atomic mass is 10.2. The number of nitrogens with zero attached hydrogens (tertiary/aromatic N) is 2. The number of aromatic nitrogens is 2. The van der Waals surface area contributed by atoms with Crippen LogP contribution in [0.5, 0.6) is 0 Å². The molecular weight excluding hydrogens is 250 g/mol. The van der Waals surface area contributed by atoms with Crippen molar-refractivity contribution in [3.8, 4) is 0 Å². The van der Waals surface area contributed by atoms with Gasteiger partial charge >= 0.3 is 0 Å². The largest absolute Gasteiger partial charge is 0.244 e. The van der Waals surface area contributed by atoms with Crippen LogP contribution in [0.25, 0.3) is 0 Å². The van der Waals surface area contributed by atoms with Crippen molar-refractivity contribution in [1.82, 2.24) is 14.7 Å². The molecule has 0 unspecified atom stereocenters. The van der Waals surface area contributed by atoms with Gasteiger partial charge in [-0.3, -0.25) is 0 Å². The minimum Gasteiger partial charge on any atom is -0.244 e. The molecule has 5 nitrogen and oxygen atoms in total. The zero-order valence-corrected chi connectivity index (χ0v) is 10.5. The van der Waals surface area contributed by atoms with Gasteiger partial charge in [-0.25, -0.2) is 23.1 Å². The average Bonchev–Trinajstić information content (AvgIpc) is 2.38. The summed E-state index contributed by atoms with van der Waals surface area (Å²) in [6.07, 6.45) is 4.57. The van der Waals surface area contributed by atoms with E-state index in [9.17, 15) is 8.42 Å². The monoisotopic (exact) mass is 263 g/mol. The fourth-order valence-corrected chi connectivity index (χ4v) is 2.58. The van der Waals surface area contributed by atoms with Crippen LogP contribution in [0, 0.1) is 0 Å². The summed E-state index contributed by atoms with van der Waals surface area (Å²) in [6.45, 7) is 0.204. The van der Waals surface area contributed by atoms with Gasteiger partial charge in [0, 0.05) is 24.5 Å². The molecule has 94 valence electrons. The van der Waals surface area contributed by atoms with Crippen molar-refractivity contribution >= 4 is 10.0 Å². The fraction of sp³-hybridized carbons (Fsp3) is 0.167. The fourth-order valence-electron chi connectivity index (χ4n) is 1.46. The quantitative estimate of drug-likeness (QED) is 0.876. The summed E-state index contributed by atoms with van der Waals surface area (Å²) >= 11 is 0. The van der Waals surface area contributed by atoms with Gasteiger partial charge in [-0.1, -0.05) is 30.3 Å². The van der Waals surface area contributed by atoms with E-state index in [4.69, 9.17) is 0 Å². The van der Waals surface area contributed by atoms with Crippen LogP contribution in [0.3, 0.4) is 0 Å². The molecule has 0 atom stereocenters. The molecule has 0 radical (unpaired) electrons. The van der Waals surface area contributed by atoms with Gasteiger partial charge in [-0.15, -0.1) is 0 Å². The number of rotatable bonds is 5. The summed E-state index contributed by atoms with van der Waals surface area (Å²) in [5.74, 6) is -0.0263. The van der Waals surface area contributed by atoms with Gasteiger partial charge in [-0.2, -0.15) is 0 Å². The van der Waals surface area contributed by atoms with E-state index in [1.165, 1.54) is 6.33 Å². The molecule has 1 aromatic carbocycles. The maximum atomic E-state index is 11.8. The molecule has 0 saturated heterocycles. The third-order valence-corrected chi connectivity index (χ3v) is 3.61. The second-order valence-corrected chi connectivity index (χ2v) is 5.62. The van der Waals surface area contributed by atoms with Gasteiger partial charge in [0.25, 0.3) is 0 Å². The Balaban J connectivity index is 1.96. The van der Waals surface area contributed by atoms with Gasteiger partial charge in [-0.05, 0) is 5.56 Å². The Bertz CT molecular complexity index is 585. The van der Waals surface area contributed by atoms with Crippen LogP contribution in [-0.4, -0.2) is 18.4 Å². The Hall–Kier alpha value is -1.79. The SMILES string of the molecule is O=S(=O)(Cc1ccccc1)NCc1cncnc1. The predicted octanol–water partition coefficient (Wildman–Crippen LogP) is 1.10. The summed E-state index contributed by atoms with van der Waals surface area (Å²) in [7, 11) is -3.34. The van der Waals surface area contributed by atoms with E-state index in [-0.39, 0.29) is 12.3 Å². The Morgan fingerprint density at radius 3 is 2.33 bits per heavy atom. The molecule has 6 heteroatoms. The molecule has 1 heterocycles. The van der Waals surface area contributed by atoms with Gasteiger partial charge in [0.15, 0.2) is 0 Å². The van der Waals surface area contributed by atoms with Crippen molar-refractivity contribution in [2.45, 2.75) is 12.3 Å². The van der Waals surface area contributed by atoms with Crippen molar-refractivity contribution < 1.29 is 8.42 Å². The summed E-state index contributed by atoms with van der Waals surface area (Å²) in [6, 6.07) is 9.05. The van der Waals surface area contributed by atoms with Crippen LogP contribution in [0.2, 0.25) is 0 Å². The van der Waals surface area contributed by atoms with E-state index < -0.39 is 10.0 Å². The highest BCUT2D eigenvalue weighted by Crippen LogP contribution is 2.04. The highest BCUT2D eigenvalue weighted by molar-refractivity contribution is 7.88. The summed E-state index contributed by atoms with van der Waals surface area (Å²) in [5, 5.41) is 0. The highest BCUT2D eigenvalue weighted by Gasteiger charge is 2.10. The molecule has 0 aliphatic carbocycles.